The number of likely N-dealkylation sites (tertiary alicyclic amines) is 1. The number of carbonyl (C=O) groups is 1. The van der Waals surface area contributed by atoms with Gasteiger partial charge in [-0.25, -0.2) is 9.97 Å². The monoisotopic (exact) mass is 492 g/mol. The van der Waals surface area contributed by atoms with Gasteiger partial charge in [-0.2, -0.15) is 17.5 Å². The molecule has 0 saturated carbocycles. The maximum Gasteiger partial charge on any atom is 0.434 e. The Kier molecular flexibility index (Phi) is 7.08. The number of ether oxygens (including phenoxy) is 1. The summed E-state index contributed by atoms with van der Waals surface area (Å²) in [5.41, 5.74) is 0.616. The van der Waals surface area contributed by atoms with E-state index in [4.69, 9.17) is 4.74 Å². The zero-order chi connectivity index (χ0) is 24.3. The molecule has 1 N–H and O–H groups in total. The van der Waals surface area contributed by atoms with Gasteiger partial charge in [-0.3, -0.25) is 9.78 Å². The summed E-state index contributed by atoms with van der Waals surface area (Å²) >= 11 is 1.10. The van der Waals surface area contributed by atoms with Crippen LogP contribution in [0.1, 0.15) is 45.2 Å². The van der Waals surface area contributed by atoms with Crippen molar-refractivity contribution in [3.63, 3.8) is 0 Å². The Morgan fingerprint density at radius 3 is 2.56 bits per heavy atom. The first-order valence-electron chi connectivity index (χ1n) is 10.6. The van der Waals surface area contributed by atoms with Crippen molar-refractivity contribution in [2.75, 3.05) is 25.5 Å². The van der Waals surface area contributed by atoms with Crippen molar-refractivity contribution in [3.8, 4) is 5.88 Å². The van der Waals surface area contributed by atoms with Gasteiger partial charge in [-0.05, 0) is 44.4 Å². The van der Waals surface area contributed by atoms with Gasteiger partial charge in [0.25, 0.3) is 5.91 Å². The summed E-state index contributed by atoms with van der Waals surface area (Å²) in [5, 5.41) is 2.80. The van der Waals surface area contributed by atoms with Crippen LogP contribution < -0.4 is 10.1 Å². The molecular weight excluding hydrogens is 469 g/mol. The maximum absolute atomic E-state index is 12.9. The van der Waals surface area contributed by atoms with Crippen LogP contribution in [-0.2, 0) is 12.6 Å². The van der Waals surface area contributed by atoms with E-state index in [0.717, 1.165) is 43.7 Å². The lowest BCUT2D eigenvalue weighted by Crippen LogP contribution is -2.35. The third-order valence-electron chi connectivity index (χ3n) is 5.45. The molecule has 0 radical (unpaired) electrons. The van der Waals surface area contributed by atoms with E-state index in [1.54, 1.807) is 19.1 Å². The maximum atomic E-state index is 12.9. The largest absolute Gasteiger partial charge is 0.474 e. The van der Waals surface area contributed by atoms with Gasteiger partial charge < -0.3 is 15.0 Å². The van der Waals surface area contributed by atoms with Gasteiger partial charge in [0.15, 0.2) is 5.69 Å². The summed E-state index contributed by atoms with van der Waals surface area (Å²) in [6, 6.07) is 3.43. The normalized spacial score (nSPS) is 15.3. The van der Waals surface area contributed by atoms with Gasteiger partial charge >= 0.3 is 6.18 Å². The van der Waals surface area contributed by atoms with Crippen molar-refractivity contribution >= 4 is 23.1 Å². The van der Waals surface area contributed by atoms with E-state index in [2.05, 4.69) is 36.6 Å². The van der Waals surface area contributed by atoms with E-state index in [1.165, 1.54) is 6.20 Å². The fraction of sp³-hybridized carbons (Fsp3) is 0.409. The molecule has 0 unspecified atom stereocenters. The van der Waals surface area contributed by atoms with Crippen molar-refractivity contribution in [1.29, 1.82) is 0 Å². The molecule has 0 aliphatic carbocycles. The van der Waals surface area contributed by atoms with Crippen LogP contribution in [0, 0.1) is 6.92 Å². The van der Waals surface area contributed by atoms with E-state index in [0.29, 0.717) is 39.6 Å². The van der Waals surface area contributed by atoms with Crippen molar-refractivity contribution < 1.29 is 22.7 Å². The van der Waals surface area contributed by atoms with Gasteiger partial charge in [0.1, 0.15) is 6.10 Å². The Labute approximate surface area is 198 Å². The number of piperidine rings is 1. The number of anilines is 1. The van der Waals surface area contributed by atoms with Crippen molar-refractivity contribution in [3.05, 3.63) is 58.2 Å². The van der Waals surface area contributed by atoms with Crippen molar-refractivity contribution in [1.82, 2.24) is 24.2 Å². The van der Waals surface area contributed by atoms with Crippen LogP contribution in [-0.4, -0.2) is 56.4 Å². The summed E-state index contributed by atoms with van der Waals surface area (Å²) in [5.74, 6) is 0.120. The quantitative estimate of drug-likeness (QED) is 0.557. The Hall–Kier alpha value is -3.12. The van der Waals surface area contributed by atoms with Crippen molar-refractivity contribution in [2.24, 2.45) is 0 Å². The second-order valence-electron chi connectivity index (χ2n) is 8.09. The lowest BCUT2D eigenvalue weighted by molar-refractivity contribution is -0.141. The third-order valence-corrected chi connectivity index (χ3v) is 6.38. The Balaban J connectivity index is 1.40. The first-order chi connectivity index (χ1) is 16.2. The average Bonchev–Trinajstić information content (AvgIpc) is 3.16. The number of aromatic nitrogens is 4. The van der Waals surface area contributed by atoms with E-state index < -0.39 is 11.9 Å². The van der Waals surface area contributed by atoms with Gasteiger partial charge in [-0.1, -0.05) is 0 Å². The number of alkyl halides is 3. The average molecular weight is 493 g/mol. The molecule has 12 heteroatoms. The minimum absolute atomic E-state index is 0.125. The molecule has 34 heavy (non-hydrogen) atoms. The second-order valence-corrected chi connectivity index (χ2v) is 8.95. The summed E-state index contributed by atoms with van der Waals surface area (Å²) < 4.78 is 48.3. The van der Waals surface area contributed by atoms with Crippen LogP contribution in [0.3, 0.4) is 0 Å². The third kappa shape index (κ3) is 5.86. The zero-order valence-electron chi connectivity index (χ0n) is 18.6. The zero-order valence-corrected chi connectivity index (χ0v) is 19.4. The fourth-order valence-corrected chi connectivity index (χ4v) is 4.46. The molecule has 0 aromatic carbocycles. The van der Waals surface area contributed by atoms with E-state index in [9.17, 15) is 18.0 Å². The molecule has 8 nitrogen and oxygen atoms in total. The predicted octanol–water partition coefficient (Wildman–Crippen LogP) is 3.97. The Morgan fingerprint density at radius 1 is 1.18 bits per heavy atom. The Bertz CT molecular complexity index is 1130. The molecule has 3 aromatic heterocycles. The topological polar surface area (TPSA) is 93.1 Å². The van der Waals surface area contributed by atoms with E-state index >= 15 is 0 Å². The standard InChI is InChI=1S/C22H23F3N6O2S/c1-13-20(17(34-30-13)9-15-11-27-18(12-26-15)22(23,24)25)21(32)29-14-3-4-19(28-10-14)33-16-5-7-31(2)8-6-16/h3-4,10-12,16H,5-9H2,1-2H3,(H,29,32). The molecule has 1 fully saturated rings. The number of amides is 1. The number of nitrogens with one attached hydrogen (secondary N) is 1. The molecular formula is C22H23F3N6O2S. The molecule has 4 rings (SSSR count). The smallest absolute Gasteiger partial charge is 0.434 e. The molecule has 1 saturated heterocycles. The summed E-state index contributed by atoms with van der Waals surface area (Å²) in [6.07, 6.45) is 0.856. The molecule has 4 heterocycles. The number of nitrogens with zero attached hydrogens (tertiary/aromatic N) is 5. The lowest BCUT2D eigenvalue weighted by atomic mass is 10.1. The summed E-state index contributed by atoms with van der Waals surface area (Å²) in [7, 11) is 2.08. The highest BCUT2D eigenvalue weighted by atomic mass is 32.1. The molecule has 1 aliphatic heterocycles. The highest BCUT2D eigenvalue weighted by Gasteiger charge is 2.32. The molecule has 1 aliphatic rings. The molecule has 0 bridgehead atoms. The number of carbonyl (C=O) groups excluding carboxylic acids is 1. The number of hydrogen-bond donors (Lipinski definition) is 1. The van der Waals surface area contributed by atoms with Gasteiger partial charge in [0.2, 0.25) is 5.88 Å². The number of hydrogen-bond acceptors (Lipinski definition) is 8. The minimum atomic E-state index is -4.56. The van der Waals surface area contributed by atoms with E-state index in [1.807, 2.05) is 0 Å². The number of rotatable bonds is 6. The summed E-state index contributed by atoms with van der Waals surface area (Å²) in [4.78, 5) is 27.3. The molecule has 180 valence electrons. The van der Waals surface area contributed by atoms with E-state index in [-0.39, 0.29) is 18.4 Å². The highest BCUT2D eigenvalue weighted by Crippen LogP contribution is 2.28. The number of pyridine rings is 1. The van der Waals surface area contributed by atoms with Crippen LogP contribution >= 0.6 is 11.5 Å². The number of halogens is 3. The molecule has 1 amide bonds. The van der Waals surface area contributed by atoms with Crippen molar-refractivity contribution in [2.45, 2.75) is 38.5 Å². The SMILES string of the molecule is Cc1nsc(Cc2cnc(C(F)(F)F)cn2)c1C(=O)Nc1ccc(OC2CCN(C)CC2)nc1. The lowest BCUT2D eigenvalue weighted by Gasteiger charge is -2.28. The second kappa shape index (κ2) is 10.0. The van der Waals surface area contributed by atoms with Crippen LogP contribution in [0.25, 0.3) is 0 Å². The fourth-order valence-electron chi connectivity index (χ4n) is 3.58. The molecule has 0 atom stereocenters. The minimum Gasteiger partial charge on any atom is -0.474 e. The molecule has 3 aromatic rings. The summed E-state index contributed by atoms with van der Waals surface area (Å²) in [6.45, 7) is 3.66. The first-order valence-corrected chi connectivity index (χ1v) is 11.4. The van der Waals surface area contributed by atoms with Crippen LogP contribution in [0.2, 0.25) is 0 Å². The van der Waals surface area contributed by atoms with Gasteiger partial charge in [0.05, 0.1) is 35.0 Å². The van der Waals surface area contributed by atoms with Crippen LogP contribution in [0.4, 0.5) is 18.9 Å². The van der Waals surface area contributed by atoms with Gasteiger partial charge in [0, 0.05) is 36.7 Å². The van der Waals surface area contributed by atoms with Crippen LogP contribution in [0.15, 0.2) is 30.7 Å². The predicted molar refractivity (Wildman–Crippen MR) is 120 cm³/mol. The highest BCUT2D eigenvalue weighted by molar-refractivity contribution is 7.06. The molecule has 0 spiro atoms. The number of aryl methyl sites for hydroxylation is 1. The first kappa shape index (κ1) is 24.0. The Morgan fingerprint density at radius 2 is 1.94 bits per heavy atom. The van der Waals surface area contributed by atoms with Crippen LogP contribution in [0.5, 0.6) is 5.88 Å². The van der Waals surface area contributed by atoms with Gasteiger partial charge in [-0.15, -0.1) is 0 Å².